The van der Waals surface area contributed by atoms with E-state index in [0.717, 1.165) is 27.9 Å². The summed E-state index contributed by atoms with van der Waals surface area (Å²) in [5.74, 6) is -0.246. The van der Waals surface area contributed by atoms with Crippen molar-refractivity contribution in [1.82, 2.24) is 15.6 Å². The number of carbonyl (C=O) groups is 2. The first-order valence-corrected chi connectivity index (χ1v) is 10.6. The molecule has 1 fully saturated rings. The second kappa shape index (κ2) is 9.20. The van der Waals surface area contributed by atoms with E-state index in [0.29, 0.717) is 36.6 Å². The summed E-state index contributed by atoms with van der Waals surface area (Å²) in [6.07, 6.45) is 1.75. The lowest BCUT2D eigenvalue weighted by molar-refractivity contribution is -0.118. The van der Waals surface area contributed by atoms with Crippen LogP contribution < -0.4 is 21.3 Å². The van der Waals surface area contributed by atoms with Crippen molar-refractivity contribution in [2.45, 2.75) is 20.4 Å². The van der Waals surface area contributed by atoms with Gasteiger partial charge in [0.2, 0.25) is 5.91 Å². The molecule has 7 nitrogen and oxygen atoms in total. The molecule has 3 aromatic rings. The summed E-state index contributed by atoms with van der Waals surface area (Å²) in [5.41, 5.74) is 12.6. The molecule has 2 aromatic carbocycles. The number of hydrogen-bond acceptors (Lipinski definition) is 5. The number of pyridine rings is 1. The molecule has 4 N–H and O–H groups in total. The van der Waals surface area contributed by atoms with Gasteiger partial charge in [0, 0.05) is 54.0 Å². The third-order valence-corrected chi connectivity index (χ3v) is 5.52. The standard InChI is InChI=1S/C25H27N5O2/c1-16-3-6-22(23(26)9-16)19-10-20(12-21(11-19)30-8-7-27-15-24(30)31)25(32)29-14-18-5-4-17(2)28-13-18/h3-6,9-13,27H,7-8,14-15,26H2,1-2H3,(H,29,32). The van der Waals surface area contributed by atoms with Gasteiger partial charge in [-0.25, -0.2) is 0 Å². The summed E-state index contributed by atoms with van der Waals surface area (Å²) >= 11 is 0. The van der Waals surface area contributed by atoms with Crippen molar-refractivity contribution in [3.8, 4) is 11.1 Å². The lowest BCUT2D eigenvalue weighted by atomic mass is 9.98. The lowest BCUT2D eigenvalue weighted by Crippen LogP contribution is -2.48. The molecular formula is C25H27N5O2. The van der Waals surface area contributed by atoms with E-state index in [4.69, 9.17) is 5.73 Å². The molecule has 7 heteroatoms. The van der Waals surface area contributed by atoms with Gasteiger partial charge in [-0.2, -0.15) is 0 Å². The molecule has 1 aliphatic rings. The number of nitrogens with zero attached hydrogens (tertiary/aromatic N) is 2. The SMILES string of the molecule is Cc1ccc(-c2cc(C(=O)NCc3ccc(C)nc3)cc(N3CCNCC3=O)c2)c(N)c1. The zero-order valence-corrected chi connectivity index (χ0v) is 18.3. The largest absolute Gasteiger partial charge is 0.398 e. The molecule has 1 saturated heterocycles. The van der Waals surface area contributed by atoms with E-state index in [-0.39, 0.29) is 18.4 Å². The van der Waals surface area contributed by atoms with E-state index < -0.39 is 0 Å². The van der Waals surface area contributed by atoms with Crippen LogP contribution >= 0.6 is 0 Å². The van der Waals surface area contributed by atoms with Crippen LogP contribution in [0.25, 0.3) is 11.1 Å². The van der Waals surface area contributed by atoms with Crippen LogP contribution in [0.3, 0.4) is 0 Å². The molecule has 2 heterocycles. The quantitative estimate of drug-likeness (QED) is 0.542. The van der Waals surface area contributed by atoms with Crippen molar-refractivity contribution in [3.63, 3.8) is 0 Å². The lowest BCUT2D eigenvalue weighted by Gasteiger charge is -2.28. The highest BCUT2D eigenvalue weighted by atomic mass is 16.2. The van der Waals surface area contributed by atoms with Gasteiger partial charge in [0.05, 0.1) is 6.54 Å². The summed E-state index contributed by atoms with van der Waals surface area (Å²) in [7, 11) is 0. The van der Waals surface area contributed by atoms with Crippen molar-refractivity contribution in [2.24, 2.45) is 0 Å². The number of hydrogen-bond donors (Lipinski definition) is 3. The molecule has 1 aromatic heterocycles. The Morgan fingerprint density at radius 1 is 1.16 bits per heavy atom. The van der Waals surface area contributed by atoms with Crippen LogP contribution in [0.5, 0.6) is 0 Å². The molecule has 0 spiro atoms. The van der Waals surface area contributed by atoms with Crippen LogP contribution in [0.1, 0.15) is 27.2 Å². The first-order chi connectivity index (χ1) is 15.4. The van der Waals surface area contributed by atoms with E-state index >= 15 is 0 Å². The second-order valence-electron chi connectivity index (χ2n) is 8.07. The van der Waals surface area contributed by atoms with Crippen molar-refractivity contribution in [2.75, 3.05) is 30.3 Å². The number of aromatic nitrogens is 1. The average Bonchev–Trinajstić information content (AvgIpc) is 2.78. The number of nitrogens with two attached hydrogens (primary N) is 1. The molecule has 0 saturated carbocycles. The minimum atomic E-state index is -0.220. The third kappa shape index (κ3) is 4.78. The highest BCUT2D eigenvalue weighted by Gasteiger charge is 2.22. The molecule has 32 heavy (non-hydrogen) atoms. The number of carbonyl (C=O) groups excluding carboxylic acids is 2. The van der Waals surface area contributed by atoms with Crippen LogP contribution in [0.4, 0.5) is 11.4 Å². The number of benzene rings is 2. The van der Waals surface area contributed by atoms with Crippen LogP contribution in [-0.2, 0) is 11.3 Å². The minimum Gasteiger partial charge on any atom is -0.398 e. The van der Waals surface area contributed by atoms with Gasteiger partial charge < -0.3 is 21.3 Å². The minimum absolute atomic E-state index is 0.0256. The number of nitrogens with one attached hydrogen (secondary N) is 2. The summed E-state index contributed by atoms with van der Waals surface area (Å²) < 4.78 is 0. The van der Waals surface area contributed by atoms with E-state index in [1.54, 1.807) is 17.2 Å². The number of nitrogen functional groups attached to an aromatic ring is 1. The Balaban J connectivity index is 1.68. The van der Waals surface area contributed by atoms with E-state index in [9.17, 15) is 9.59 Å². The Morgan fingerprint density at radius 2 is 2.00 bits per heavy atom. The van der Waals surface area contributed by atoms with Crippen molar-refractivity contribution < 1.29 is 9.59 Å². The zero-order valence-electron chi connectivity index (χ0n) is 18.3. The van der Waals surface area contributed by atoms with E-state index in [2.05, 4.69) is 15.6 Å². The summed E-state index contributed by atoms with van der Waals surface area (Å²) in [4.78, 5) is 31.5. The van der Waals surface area contributed by atoms with Crippen LogP contribution in [0, 0.1) is 13.8 Å². The molecule has 0 aliphatic carbocycles. The molecule has 1 aliphatic heterocycles. The van der Waals surface area contributed by atoms with Crippen LogP contribution in [0.15, 0.2) is 54.7 Å². The first kappa shape index (κ1) is 21.5. The van der Waals surface area contributed by atoms with Gasteiger partial charge in [-0.15, -0.1) is 0 Å². The van der Waals surface area contributed by atoms with Gasteiger partial charge in [-0.3, -0.25) is 14.6 Å². The molecule has 2 amide bonds. The van der Waals surface area contributed by atoms with Gasteiger partial charge in [0.25, 0.3) is 5.91 Å². The molecule has 0 unspecified atom stereocenters. The monoisotopic (exact) mass is 429 g/mol. The maximum Gasteiger partial charge on any atom is 0.251 e. The highest BCUT2D eigenvalue weighted by molar-refractivity contribution is 6.01. The summed E-state index contributed by atoms with van der Waals surface area (Å²) in [6.45, 7) is 5.79. The normalized spacial score (nSPS) is 13.8. The van der Waals surface area contributed by atoms with Crippen LogP contribution in [-0.4, -0.2) is 36.4 Å². The number of anilines is 2. The van der Waals surface area contributed by atoms with Gasteiger partial charge in [-0.1, -0.05) is 18.2 Å². The Hall–Kier alpha value is -3.71. The smallest absolute Gasteiger partial charge is 0.251 e. The van der Waals surface area contributed by atoms with E-state index in [1.165, 1.54) is 0 Å². The summed E-state index contributed by atoms with van der Waals surface area (Å²) in [6, 6.07) is 15.2. The van der Waals surface area contributed by atoms with Crippen LogP contribution in [0.2, 0.25) is 0 Å². The van der Waals surface area contributed by atoms with Crippen molar-refractivity contribution >= 4 is 23.2 Å². The Kier molecular flexibility index (Phi) is 6.18. The molecule has 0 atom stereocenters. The van der Waals surface area contributed by atoms with E-state index in [1.807, 2.05) is 56.3 Å². The topological polar surface area (TPSA) is 100 Å². The Bertz CT molecular complexity index is 1160. The second-order valence-corrected chi connectivity index (χ2v) is 8.07. The van der Waals surface area contributed by atoms with Gasteiger partial charge >= 0.3 is 0 Å². The Labute approximate surface area is 187 Å². The number of piperazine rings is 1. The fourth-order valence-corrected chi connectivity index (χ4v) is 3.77. The molecule has 4 rings (SSSR count). The predicted octanol–water partition coefficient (Wildman–Crippen LogP) is 2.81. The number of amides is 2. The highest BCUT2D eigenvalue weighted by Crippen LogP contribution is 2.31. The maximum atomic E-state index is 13.0. The predicted molar refractivity (Wildman–Crippen MR) is 126 cm³/mol. The molecule has 164 valence electrons. The zero-order chi connectivity index (χ0) is 22.7. The first-order valence-electron chi connectivity index (χ1n) is 10.6. The summed E-state index contributed by atoms with van der Waals surface area (Å²) in [5, 5.41) is 6.03. The number of aryl methyl sites for hydroxylation is 2. The molecule has 0 radical (unpaired) electrons. The van der Waals surface area contributed by atoms with Crippen molar-refractivity contribution in [3.05, 3.63) is 77.1 Å². The van der Waals surface area contributed by atoms with Gasteiger partial charge in [0.1, 0.15) is 0 Å². The van der Waals surface area contributed by atoms with Gasteiger partial charge in [0.15, 0.2) is 0 Å². The fraction of sp³-hybridized carbons (Fsp3) is 0.240. The average molecular weight is 430 g/mol. The third-order valence-electron chi connectivity index (χ3n) is 5.52. The maximum absolute atomic E-state index is 13.0. The fourth-order valence-electron chi connectivity index (χ4n) is 3.77. The van der Waals surface area contributed by atoms with Gasteiger partial charge in [-0.05, 0) is 60.9 Å². The number of rotatable bonds is 5. The van der Waals surface area contributed by atoms with Crippen molar-refractivity contribution in [1.29, 1.82) is 0 Å². The molecule has 0 bridgehead atoms. The molecular weight excluding hydrogens is 402 g/mol. The Morgan fingerprint density at radius 3 is 2.72 bits per heavy atom.